The fourth-order valence-corrected chi connectivity index (χ4v) is 3.69. The summed E-state index contributed by atoms with van der Waals surface area (Å²) < 4.78 is 5.58. The molecule has 1 saturated heterocycles. The second kappa shape index (κ2) is 5.93. The number of thiazole rings is 1. The molecule has 0 bridgehead atoms. The smallest absolute Gasteiger partial charge is 0.107 e. The number of hydrogen-bond acceptors (Lipinski definition) is 5. The standard InChI is InChI=1S/C13H16N2OS2/c1-2-11(16-4-1)6-14-8-13-15-7-12(18-13)10-3-5-17-9-10/h3,5,7,9,11,14H,1-2,4,6,8H2. The van der Waals surface area contributed by atoms with Gasteiger partial charge in [0.05, 0.1) is 11.0 Å². The highest BCUT2D eigenvalue weighted by atomic mass is 32.1. The van der Waals surface area contributed by atoms with Crippen molar-refractivity contribution in [2.24, 2.45) is 0 Å². The van der Waals surface area contributed by atoms with E-state index >= 15 is 0 Å². The van der Waals surface area contributed by atoms with Crippen molar-refractivity contribution >= 4 is 22.7 Å². The minimum Gasteiger partial charge on any atom is -0.377 e. The molecule has 1 aliphatic rings. The van der Waals surface area contributed by atoms with Crippen molar-refractivity contribution < 1.29 is 4.74 Å². The van der Waals surface area contributed by atoms with Crippen LogP contribution in [0.4, 0.5) is 0 Å². The Hall–Kier alpha value is -0.750. The van der Waals surface area contributed by atoms with Gasteiger partial charge < -0.3 is 10.1 Å². The molecule has 0 spiro atoms. The molecule has 3 heterocycles. The molecule has 2 aromatic rings. The summed E-state index contributed by atoms with van der Waals surface area (Å²) in [4.78, 5) is 5.71. The zero-order valence-corrected chi connectivity index (χ0v) is 11.7. The van der Waals surface area contributed by atoms with Crippen LogP contribution in [0.2, 0.25) is 0 Å². The largest absolute Gasteiger partial charge is 0.377 e. The highest BCUT2D eigenvalue weighted by Gasteiger charge is 2.14. The molecular weight excluding hydrogens is 264 g/mol. The van der Waals surface area contributed by atoms with E-state index in [4.69, 9.17) is 4.74 Å². The van der Waals surface area contributed by atoms with Crippen LogP contribution in [0.25, 0.3) is 10.4 Å². The third-order valence-electron chi connectivity index (χ3n) is 3.03. The lowest BCUT2D eigenvalue weighted by atomic mass is 10.2. The highest BCUT2D eigenvalue weighted by molar-refractivity contribution is 7.15. The molecule has 0 saturated carbocycles. The first-order valence-corrected chi connectivity index (χ1v) is 7.97. The molecule has 5 heteroatoms. The molecule has 3 rings (SSSR count). The number of nitrogens with zero attached hydrogens (tertiary/aromatic N) is 1. The van der Waals surface area contributed by atoms with Gasteiger partial charge in [-0.1, -0.05) is 0 Å². The van der Waals surface area contributed by atoms with Gasteiger partial charge in [-0.25, -0.2) is 4.98 Å². The number of rotatable bonds is 5. The molecule has 18 heavy (non-hydrogen) atoms. The molecule has 0 amide bonds. The molecular formula is C13H16N2OS2. The fourth-order valence-electron chi connectivity index (χ4n) is 2.08. The van der Waals surface area contributed by atoms with Gasteiger partial charge in [0, 0.05) is 31.5 Å². The summed E-state index contributed by atoms with van der Waals surface area (Å²) in [6.07, 6.45) is 4.76. The minimum atomic E-state index is 0.404. The van der Waals surface area contributed by atoms with Crippen molar-refractivity contribution in [1.82, 2.24) is 10.3 Å². The topological polar surface area (TPSA) is 34.2 Å². The van der Waals surface area contributed by atoms with E-state index < -0.39 is 0 Å². The molecule has 1 unspecified atom stereocenters. The SMILES string of the molecule is c1cc(-c2cnc(CNCC3CCCO3)s2)cs1. The van der Waals surface area contributed by atoms with Crippen LogP contribution in [0.5, 0.6) is 0 Å². The van der Waals surface area contributed by atoms with E-state index in [-0.39, 0.29) is 0 Å². The number of aromatic nitrogens is 1. The van der Waals surface area contributed by atoms with E-state index in [9.17, 15) is 0 Å². The Kier molecular flexibility index (Phi) is 4.05. The van der Waals surface area contributed by atoms with Crippen molar-refractivity contribution in [2.75, 3.05) is 13.2 Å². The van der Waals surface area contributed by atoms with E-state index in [1.807, 2.05) is 6.20 Å². The van der Waals surface area contributed by atoms with Crippen LogP contribution in [-0.4, -0.2) is 24.2 Å². The molecule has 2 aromatic heterocycles. The molecule has 1 fully saturated rings. The van der Waals surface area contributed by atoms with Gasteiger partial charge >= 0.3 is 0 Å². The highest BCUT2D eigenvalue weighted by Crippen LogP contribution is 2.27. The second-order valence-electron chi connectivity index (χ2n) is 4.40. The Morgan fingerprint density at radius 2 is 2.50 bits per heavy atom. The van der Waals surface area contributed by atoms with E-state index in [1.54, 1.807) is 22.7 Å². The van der Waals surface area contributed by atoms with Crippen molar-refractivity contribution in [3.63, 3.8) is 0 Å². The number of nitrogens with one attached hydrogen (secondary N) is 1. The maximum Gasteiger partial charge on any atom is 0.107 e. The number of hydrogen-bond donors (Lipinski definition) is 1. The molecule has 0 radical (unpaired) electrons. The van der Waals surface area contributed by atoms with E-state index in [0.717, 1.165) is 24.7 Å². The van der Waals surface area contributed by atoms with Gasteiger partial charge in [0.25, 0.3) is 0 Å². The van der Waals surface area contributed by atoms with Crippen LogP contribution in [0.15, 0.2) is 23.0 Å². The van der Waals surface area contributed by atoms with Gasteiger partial charge in [-0.3, -0.25) is 0 Å². The lowest BCUT2D eigenvalue weighted by Gasteiger charge is -2.09. The van der Waals surface area contributed by atoms with Crippen molar-refractivity contribution in [3.8, 4) is 10.4 Å². The molecule has 3 nitrogen and oxygen atoms in total. The van der Waals surface area contributed by atoms with Gasteiger partial charge in [0.15, 0.2) is 0 Å². The van der Waals surface area contributed by atoms with Crippen LogP contribution < -0.4 is 5.32 Å². The summed E-state index contributed by atoms with van der Waals surface area (Å²) >= 11 is 3.49. The molecule has 1 atom stereocenters. The van der Waals surface area contributed by atoms with Crippen LogP contribution in [-0.2, 0) is 11.3 Å². The maximum absolute atomic E-state index is 5.58. The van der Waals surface area contributed by atoms with Gasteiger partial charge in [0.1, 0.15) is 5.01 Å². The molecule has 1 N–H and O–H groups in total. The van der Waals surface area contributed by atoms with E-state index in [0.29, 0.717) is 6.10 Å². The molecule has 96 valence electrons. The Morgan fingerprint density at radius 1 is 1.50 bits per heavy atom. The van der Waals surface area contributed by atoms with Crippen LogP contribution in [0, 0.1) is 0 Å². The zero-order chi connectivity index (χ0) is 12.2. The van der Waals surface area contributed by atoms with Crippen molar-refractivity contribution in [1.29, 1.82) is 0 Å². The monoisotopic (exact) mass is 280 g/mol. The maximum atomic E-state index is 5.58. The Labute approximate surface area is 115 Å². The first kappa shape index (κ1) is 12.3. The van der Waals surface area contributed by atoms with Crippen molar-refractivity contribution in [2.45, 2.75) is 25.5 Å². The summed E-state index contributed by atoms with van der Waals surface area (Å²) in [6.45, 7) is 2.70. The summed E-state index contributed by atoms with van der Waals surface area (Å²) in [5, 5.41) is 8.84. The third-order valence-corrected chi connectivity index (χ3v) is 4.76. The predicted molar refractivity (Wildman–Crippen MR) is 76.1 cm³/mol. The van der Waals surface area contributed by atoms with Gasteiger partial charge in [-0.15, -0.1) is 11.3 Å². The first-order valence-electron chi connectivity index (χ1n) is 6.21. The van der Waals surface area contributed by atoms with E-state index in [2.05, 4.69) is 27.1 Å². The fraction of sp³-hybridized carbons (Fsp3) is 0.462. The lowest BCUT2D eigenvalue weighted by Crippen LogP contribution is -2.25. The summed E-state index contributed by atoms with van der Waals surface area (Å²) in [7, 11) is 0. The second-order valence-corrected chi connectivity index (χ2v) is 6.29. The quantitative estimate of drug-likeness (QED) is 0.913. The van der Waals surface area contributed by atoms with Gasteiger partial charge in [-0.2, -0.15) is 11.3 Å². The summed E-state index contributed by atoms with van der Waals surface area (Å²) in [5.74, 6) is 0. The number of ether oxygens (including phenoxy) is 1. The lowest BCUT2D eigenvalue weighted by molar-refractivity contribution is 0.110. The molecule has 0 aliphatic carbocycles. The zero-order valence-electron chi connectivity index (χ0n) is 10.1. The molecule has 1 aliphatic heterocycles. The average molecular weight is 280 g/mol. The first-order chi connectivity index (χ1) is 8.92. The van der Waals surface area contributed by atoms with Crippen LogP contribution in [0.3, 0.4) is 0 Å². The number of thiophene rings is 1. The van der Waals surface area contributed by atoms with Crippen LogP contribution >= 0.6 is 22.7 Å². The third kappa shape index (κ3) is 2.98. The van der Waals surface area contributed by atoms with E-state index in [1.165, 1.54) is 23.3 Å². The Balaban J connectivity index is 1.51. The van der Waals surface area contributed by atoms with Crippen LogP contribution in [0.1, 0.15) is 17.8 Å². The predicted octanol–water partition coefficient (Wildman–Crippen LogP) is 3.14. The van der Waals surface area contributed by atoms with Crippen molar-refractivity contribution in [3.05, 3.63) is 28.0 Å². The summed E-state index contributed by atoms with van der Waals surface area (Å²) in [6, 6.07) is 2.14. The average Bonchev–Trinajstić information content (AvgIpc) is 3.12. The Morgan fingerprint density at radius 3 is 3.28 bits per heavy atom. The normalized spacial score (nSPS) is 19.4. The molecule has 0 aromatic carbocycles. The summed E-state index contributed by atoms with van der Waals surface area (Å²) in [5.41, 5.74) is 1.28. The van der Waals surface area contributed by atoms with Gasteiger partial charge in [-0.05, 0) is 29.7 Å². The Bertz CT molecular complexity index is 475. The minimum absolute atomic E-state index is 0.404. The van der Waals surface area contributed by atoms with Gasteiger partial charge in [0.2, 0.25) is 0 Å².